The van der Waals surface area contributed by atoms with Gasteiger partial charge in [-0.25, -0.2) is 9.97 Å². The van der Waals surface area contributed by atoms with Crippen LogP contribution in [0.4, 0.5) is 17.3 Å². The van der Waals surface area contributed by atoms with Crippen LogP contribution in [0.25, 0.3) is 0 Å². The number of anilines is 3. The summed E-state index contributed by atoms with van der Waals surface area (Å²) in [6.45, 7) is 2.69. The predicted octanol–water partition coefficient (Wildman–Crippen LogP) is 3.54. The molecule has 0 amide bonds. The molecule has 2 aromatic heterocycles. The van der Waals surface area contributed by atoms with E-state index in [1.54, 1.807) is 12.5 Å². The van der Waals surface area contributed by atoms with Crippen molar-refractivity contribution in [2.45, 2.75) is 13.5 Å². The lowest BCUT2D eigenvalue weighted by Crippen LogP contribution is -2.04. The van der Waals surface area contributed by atoms with Crippen molar-refractivity contribution in [3.8, 4) is 0 Å². The zero-order valence-corrected chi connectivity index (χ0v) is 12.3. The fourth-order valence-electron chi connectivity index (χ4n) is 2.08. The van der Waals surface area contributed by atoms with Crippen molar-refractivity contribution in [1.29, 1.82) is 0 Å². The third-order valence-electron chi connectivity index (χ3n) is 3.13. The molecule has 0 radical (unpaired) electrons. The number of nitrogens with zero attached hydrogens (tertiary/aromatic N) is 3. The minimum Gasteiger partial charge on any atom is -0.364 e. The Kier molecular flexibility index (Phi) is 4.25. The topological polar surface area (TPSA) is 62.7 Å². The van der Waals surface area contributed by atoms with Gasteiger partial charge >= 0.3 is 0 Å². The van der Waals surface area contributed by atoms with Gasteiger partial charge in [0.2, 0.25) is 0 Å². The summed E-state index contributed by atoms with van der Waals surface area (Å²) >= 11 is 0. The third kappa shape index (κ3) is 3.79. The first-order chi connectivity index (χ1) is 10.8. The fraction of sp³-hybridized carbons (Fsp3) is 0.118. The highest BCUT2D eigenvalue weighted by Crippen LogP contribution is 2.17. The van der Waals surface area contributed by atoms with Crippen molar-refractivity contribution < 1.29 is 0 Å². The third-order valence-corrected chi connectivity index (χ3v) is 3.13. The molecular weight excluding hydrogens is 274 g/mol. The number of benzene rings is 1. The molecule has 5 heteroatoms. The number of rotatable bonds is 5. The molecule has 0 bridgehead atoms. The molecule has 2 N–H and O–H groups in total. The smallest absolute Gasteiger partial charge is 0.135 e. The van der Waals surface area contributed by atoms with Gasteiger partial charge in [0, 0.05) is 18.0 Å². The highest BCUT2D eigenvalue weighted by molar-refractivity contribution is 5.59. The predicted molar refractivity (Wildman–Crippen MR) is 88.1 cm³/mol. The molecular formula is C17H17N5. The molecule has 2 heterocycles. The van der Waals surface area contributed by atoms with E-state index < -0.39 is 0 Å². The van der Waals surface area contributed by atoms with Crippen molar-refractivity contribution in [1.82, 2.24) is 15.0 Å². The quantitative estimate of drug-likeness (QED) is 0.753. The van der Waals surface area contributed by atoms with Gasteiger partial charge in [-0.2, -0.15) is 0 Å². The molecule has 110 valence electrons. The van der Waals surface area contributed by atoms with Crippen LogP contribution in [-0.2, 0) is 6.54 Å². The number of aromatic nitrogens is 3. The molecule has 0 saturated heterocycles. The second-order valence-corrected chi connectivity index (χ2v) is 4.96. The van der Waals surface area contributed by atoms with Crippen LogP contribution in [0.1, 0.15) is 11.3 Å². The lowest BCUT2D eigenvalue weighted by atomic mass is 10.2. The van der Waals surface area contributed by atoms with Gasteiger partial charge < -0.3 is 10.6 Å². The fourth-order valence-corrected chi connectivity index (χ4v) is 2.08. The van der Waals surface area contributed by atoms with Crippen LogP contribution in [-0.4, -0.2) is 15.0 Å². The summed E-state index contributed by atoms with van der Waals surface area (Å²) in [5.74, 6) is 1.51. The summed E-state index contributed by atoms with van der Waals surface area (Å²) in [5.41, 5.74) is 3.18. The van der Waals surface area contributed by atoms with Gasteiger partial charge in [0.05, 0.1) is 12.2 Å². The van der Waals surface area contributed by atoms with Crippen molar-refractivity contribution in [3.63, 3.8) is 0 Å². The second-order valence-electron chi connectivity index (χ2n) is 4.96. The van der Waals surface area contributed by atoms with Crippen LogP contribution >= 0.6 is 0 Å². The summed E-state index contributed by atoms with van der Waals surface area (Å²) in [6, 6.07) is 15.9. The molecule has 1 aromatic carbocycles. The van der Waals surface area contributed by atoms with E-state index in [9.17, 15) is 0 Å². The molecule has 0 unspecified atom stereocenters. The van der Waals surface area contributed by atoms with E-state index in [-0.39, 0.29) is 0 Å². The van der Waals surface area contributed by atoms with Gasteiger partial charge in [-0.15, -0.1) is 0 Å². The molecule has 3 rings (SSSR count). The molecule has 0 aliphatic heterocycles. The largest absolute Gasteiger partial charge is 0.364 e. The number of nitrogens with one attached hydrogen (secondary N) is 2. The minimum absolute atomic E-state index is 0.627. The SMILES string of the molecule is Cc1cccc(Nc2cc(NCc3ccccn3)ncn2)c1. The van der Waals surface area contributed by atoms with Crippen molar-refractivity contribution in [2.24, 2.45) is 0 Å². The maximum absolute atomic E-state index is 4.27. The van der Waals surface area contributed by atoms with Crippen molar-refractivity contribution >= 4 is 17.3 Å². The summed E-state index contributed by atoms with van der Waals surface area (Å²) in [6.07, 6.45) is 3.32. The van der Waals surface area contributed by atoms with E-state index in [0.29, 0.717) is 6.54 Å². The maximum Gasteiger partial charge on any atom is 0.135 e. The van der Waals surface area contributed by atoms with Crippen LogP contribution in [0.5, 0.6) is 0 Å². The molecule has 0 aliphatic carbocycles. The summed E-state index contributed by atoms with van der Waals surface area (Å²) < 4.78 is 0. The maximum atomic E-state index is 4.27. The van der Waals surface area contributed by atoms with E-state index in [1.807, 2.05) is 36.4 Å². The van der Waals surface area contributed by atoms with E-state index >= 15 is 0 Å². The summed E-state index contributed by atoms with van der Waals surface area (Å²) in [7, 11) is 0. The van der Waals surface area contributed by atoms with Crippen molar-refractivity contribution in [3.05, 3.63) is 72.3 Å². The lowest BCUT2D eigenvalue weighted by Gasteiger charge is -2.09. The average Bonchev–Trinajstić information content (AvgIpc) is 2.54. The number of hydrogen-bond donors (Lipinski definition) is 2. The Morgan fingerprint density at radius 3 is 2.64 bits per heavy atom. The Balaban J connectivity index is 1.67. The molecule has 0 fully saturated rings. The first-order valence-electron chi connectivity index (χ1n) is 7.09. The van der Waals surface area contributed by atoms with E-state index in [0.717, 1.165) is 23.0 Å². The van der Waals surface area contributed by atoms with Crippen molar-refractivity contribution in [2.75, 3.05) is 10.6 Å². The second kappa shape index (κ2) is 6.67. The molecule has 3 aromatic rings. The summed E-state index contributed by atoms with van der Waals surface area (Å²) in [4.78, 5) is 12.7. The molecule has 22 heavy (non-hydrogen) atoms. The minimum atomic E-state index is 0.627. The van der Waals surface area contributed by atoms with Crippen LogP contribution in [0.3, 0.4) is 0 Å². The number of aryl methyl sites for hydroxylation is 1. The summed E-state index contributed by atoms with van der Waals surface area (Å²) in [5, 5.41) is 6.52. The first kappa shape index (κ1) is 14.0. The van der Waals surface area contributed by atoms with Gasteiger partial charge in [0.25, 0.3) is 0 Å². The average molecular weight is 291 g/mol. The van der Waals surface area contributed by atoms with E-state index in [2.05, 4.69) is 44.6 Å². The zero-order chi connectivity index (χ0) is 15.2. The monoisotopic (exact) mass is 291 g/mol. The van der Waals surface area contributed by atoms with Gasteiger partial charge in [0.15, 0.2) is 0 Å². The number of pyridine rings is 1. The molecule has 0 spiro atoms. The standard InChI is InChI=1S/C17H17N5/c1-13-5-4-7-14(9-13)22-17-10-16(20-12-21-17)19-11-15-6-2-3-8-18-15/h2-10,12H,11H2,1H3,(H2,19,20,21,22). The molecule has 5 nitrogen and oxygen atoms in total. The Labute approximate surface area is 129 Å². The Morgan fingerprint density at radius 1 is 0.909 bits per heavy atom. The molecule has 0 aliphatic rings. The van der Waals surface area contributed by atoms with Crippen LogP contribution in [0.2, 0.25) is 0 Å². The van der Waals surface area contributed by atoms with Gasteiger partial charge in [-0.3, -0.25) is 4.98 Å². The Hall–Kier alpha value is -2.95. The van der Waals surface area contributed by atoms with Gasteiger partial charge in [-0.1, -0.05) is 18.2 Å². The van der Waals surface area contributed by atoms with Crippen LogP contribution < -0.4 is 10.6 Å². The highest BCUT2D eigenvalue weighted by Gasteiger charge is 2.00. The van der Waals surface area contributed by atoms with Crippen LogP contribution in [0, 0.1) is 6.92 Å². The van der Waals surface area contributed by atoms with Crippen LogP contribution in [0.15, 0.2) is 61.1 Å². The Morgan fingerprint density at radius 2 is 1.82 bits per heavy atom. The van der Waals surface area contributed by atoms with Gasteiger partial charge in [-0.05, 0) is 36.8 Å². The Bertz CT molecular complexity index is 743. The zero-order valence-electron chi connectivity index (χ0n) is 12.3. The highest BCUT2D eigenvalue weighted by atomic mass is 15.1. The van der Waals surface area contributed by atoms with Gasteiger partial charge in [0.1, 0.15) is 18.0 Å². The molecule has 0 atom stereocenters. The molecule has 0 saturated carbocycles. The first-order valence-corrected chi connectivity index (χ1v) is 7.09. The van der Waals surface area contributed by atoms with E-state index in [1.165, 1.54) is 5.56 Å². The number of hydrogen-bond acceptors (Lipinski definition) is 5. The van der Waals surface area contributed by atoms with E-state index in [4.69, 9.17) is 0 Å². The normalized spacial score (nSPS) is 10.2. The lowest BCUT2D eigenvalue weighted by molar-refractivity contribution is 1.02.